The van der Waals surface area contributed by atoms with Crippen LogP contribution in [-0.2, 0) is 6.42 Å². The van der Waals surface area contributed by atoms with E-state index in [-0.39, 0.29) is 23.9 Å². The Balaban J connectivity index is 1.64. The molecule has 2 aromatic rings. The maximum Gasteiger partial charge on any atom is 0.387 e. The number of benzene rings is 1. The van der Waals surface area contributed by atoms with Crippen LogP contribution in [0.1, 0.15) is 54.5 Å². The minimum absolute atomic E-state index is 0.144. The molecule has 2 unspecified atom stereocenters. The van der Waals surface area contributed by atoms with E-state index in [1.807, 2.05) is 26.0 Å². The average Bonchev–Trinajstić information content (AvgIpc) is 3.01. The molecule has 0 spiro atoms. The van der Waals surface area contributed by atoms with Gasteiger partial charge in [-0.25, -0.2) is 4.79 Å². The molecule has 3 rings (SSSR count). The standard InChI is InChI=1S/C19H22F2N2O3/c1-11-6-9-17(25-11)12(2)22-19(24)23-16-5-3-4-13-10-14(26-18(20)21)7-8-15(13)16/h6-10,12,16,18H,3-5H2,1-2H3,(H2,22,23,24). The van der Waals surface area contributed by atoms with E-state index in [0.29, 0.717) is 5.76 Å². The Labute approximate surface area is 150 Å². The van der Waals surface area contributed by atoms with Gasteiger partial charge in [0.1, 0.15) is 17.3 Å². The summed E-state index contributed by atoms with van der Waals surface area (Å²) in [6, 6.07) is 7.85. The number of halogens is 2. The van der Waals surface area contributed by atoms with E-state index in [4.69, 9.17) is 4.42 Å². The lowest BCUT2D eigenvalue weighted by atomic mass is 9.87. The quantitative estimate of drug-likeness (QED) is 0.813. The van der Waals surface area contributed by atoms with Gasteiger partial charge in [-0.15, -0.1) is 0 Å². The highest BCUT2D eigenvalue weighted by atomic mass is 19.3. The molecule has 26 heavy (non-hydrogen) atoms. The molecule has 7 heteroatoms. The van der Waals surface area contributed by atoms with E-state index in [9.17, 15) is 13.6 Å². The van der Waals surface area contributed by atoms with Gasteiger partial charge in [-0.2, -0.15) is 8.78 Å². The van der Waals surface area contributed by atoms with Gasteiger partial charge in [0.25, 0.3) is 0 Å². The molecular weight excluding hydrogens is 342 g/mol. The SMILES string of the molecule is Cc1ccc(C(C)NC(=O)NC2CCCc3cc(OC(F)F)ccc32)o1. The summed E-state index contributed by atoms with van der Waals surface area (Å²) >= 11 is 0. The van der Waals surface area contributed by atoms with Crippen LogP contribution in [0.3, 0.4) is 0 Å². The van der Waals surface area contributed by atoms with Gasteiger partial charge in [0.05, 0.1) is 12.1 Å². The number of ether oxygens (including phenoxy) is 1. The minimum Gasteiger partial charge on any atom is -0.464 e. The number of hydrogen-bond acceptors (Lipinski definition) is 3. The smallest absolute Gasteiger partial charge is 0.387 e. The zero-order valence-corrected chi connectivity index (χ0v) is 14.7. The second kappa shape index (κ2) is 7.76. The first kappa shape index (κ1) is 18.2. The van der Waals surface area contributed by atoms with Crippen molar-refractivity contribution < 1.29 is 22.7 Å². The molecule has 1 aromatic heterocycles. The molecular formula is C19H22F2N2O3. The molecule has 2 amide bonds. The Kier molecular flexibility index (Phi) is 5.44. The summed E-state index contributed by atoms with van der Waals surface area (Å²) in [6.45, 7) is 0.852. The second-order valence-corrected chi connectivity index (χ2v) is 6.47. The monoisotopic (exact) mass is 364 g/mol. The van der Waals surface area contributed by atoms with Crippen LogP contribution in [0, 0.1) is 6.92 Å². The van der Waals surface area contributed by atoms with E-state index in [0.717, 1.165) is 36.1 Å². The lowest BCUT2D eigenvalue weighted by Gasteiger charge is -2.27. The first-order valence-electron chi connectivity index (χ1n) is 8.63. The lowest BCUT2D eigenvalue weighted by molar-refractivity contribution is -0.0499. The largest absolute Gasteiger partial charge is 0.464 e. The Hall–Kier alpha value is -2.57. The summed E-state index contributed by atoms with van der Waals surface area (Å²) < 4.78 is 34.7. The van der Waals surface area contributed by atoms with Crippen LogP contribution in [0.4, 0.5) is 13.6 Å². The van der Waals surface area contributed by atoms with Crippen molar-refractivity contribution in [3.63, 3.8) is 0 Å². The molecule has 0 saturated heterocycles. The molecule has 140 valence electrons. The number of urea groups is 1. The second-order valence-electron chi connectivity index (χ2n) is 6.47. The third-order valence-electron chi connectivity index (χ3n) is 4.49. The normalized spacial score (nSPS) is 17.5. The van der Waals surface area contributed by atoms with Crippen molar-refractivity contribution in [1.82, 2.24) is 10.6 Å². The number of aryl methyl sites for hydroxylation is 2. The molecule has 0 bridgehead atoms. The van der Waals surface area contributed by atoms with Gasteiger partial charge in [-0.3, -0.25) is 0 Å². The van der Waals surface area contributed by atoms with Crippen molar-refractivity contribution in [3.05, 3.63) is 53.0 Å². The highest BCUT2D eigenvalue weighted by molar-refractivity contribution is 5.75. The Morgan fingerprint density at radius 2 is 2.12 bits per heavy atom. The number of nitrogens with one attached hydrogen (secondary N) is 2. The molecule has 1 aliphatic carbocycles. The van der Waals surface area contributed by atoms with Crippen LogP contribution in [0.2, 0.25) is 0 Å². The fourth-order valence-electron chi connectivity index (χ4n) is 3.27. The summed E-state index contributed by atoms with van der Waals surface area (Å²) in [6.07, 6.45) is 2.43. The highest BCUT2D eigenvalue weighted by Gasteiger charge is 2.23. The van der Waals surface area contributed by atoms with Crippen molar-refractivity contribution in [1.29, 1.82) is 0 Å². The maximum absolute atomic E-state index is 12.4. The van der Waals surface area contributed by atoms with E-state index < -0.39 is 6.61 Å². The van der Waals surface area contributed by atoms with Crippen molar-refractivity contribution in [2.75, 3.05) is 0 Å². The zero-order valence-electron chi connectivity index (χ0n) is 14.7. The van der Waals surface area contributed by atoms with Gasteiger partial charge in [0, 0.05) is 0 Å². The number of hydrogen-bond donors (Lipinski definition) is 2. The highest BCUT2D eigenvalue weighted by Crippen LogP contribution is 2.32. The number of furan rings is 1. The molecule has 2 N–H and O–H groups in total. The number of rotatable bonds is 5. The predicted octanol–water partition coefficient (Wildman–Crippen LogP) is 4.63. The zero-order chi connectivity index (χ0) is 18.7. The summed E-state index contributed by atoms with van der Waals surface area (Å²) in [5.74, 6) is 1.62. The fraction of sp³-hybridized carbons (Fsp3) is 0.421. The minimum atomic E-state index is -2.84. The van der Waals surface area contributed by atoms with Crippen LogP contribution >= 0.6 is 0 Å². The van der Waals surface area contributed by atoms with Gasteiger partial charge < -0.3 is 19.8 Å². The first-order chi connectivity index (χ1) is 12.4. The van der Waals surface area contributed by atoms with Crippen LogP contribution in [-0.4, -0.2) is 12.6 Å². The maximum atomic E-state index is 12.4. The molecule has 1 heterocycles. The van der Waals surface area contributed by atoms with Gasteiger partial charge >= 0.3 is 12.6 Å². The Morgan fingerprint density at radius 3 is 2.81 bits per heavy atom. The Bertz CT molecular complexity index is 776. The number of carbonyl (C=O) groups excluding carboxylic acids is 1. The van der Waals surface area contributed by atoms with E-state index in [1.165, 1.54) is 6.07 Å². The molecule has 0 fully saturated rings. The van der Waals surface area contributed by atoms with Gasteiger partial charge in [-0.05, 0) is 68.5 Å². The van der Waals surface area contributed by atoms with Crippen molar-refractivity contribution in [2.45, 2.75) is 51.8 Å². The van der Waals surface area contributed by atoms with Crippen molar-refractivity contribution >= 4 is 6.03 Å². The number of fused-ring (bicyclic) bond motifs is 1. The average molecular weight is 364 g/mol. The lowest BCUT2D eigenvalue weighted by Crippen LogP contribution is -2.40. The van der Waals surface area contributed by atoms with E-state index in [2.05, 4.69) is 15.4 Å². The molecule has 0 saturated carbocycles. The number of carbonyl (C=O) groups is 1. The summed E-state index contributed by atoms with van der Waals surface area (Å²) in [4.78, 5) is 12.3. The van der Waals surface area contributed by atoms with Gasteiger partial charge in [0.15, 0.2) is 0 Å². The molecule has 0 aliphatic heterocycles. The number of alkyl halides is 2. The summed E-state index contributed by atoms with van der Waals surface area (Å²) in [7, 11) is 0. The Morgan fingerprint density at radius 1 is 1.31 bits per heavy atom. The van der Waals surface area contributed by atoms with Crippen molar-refractivity contribution in [3.8, 4) is 5.75 Å². The first-order valence-corrected chi connectivity index (χ1v) is 8.63. The molecule has 0 radical (unpaired) electrons. The number of amides is 2. The van der Waals surface area contributed by atoms with Crippen molar-refractivity contribution in [2.24, 2.45) is 0 Å². The van der Waals surface area contributed by atoms with Crippen LogP contribution < -0.4 is 15.4 Å². The topological polar surface area (TPSA) is 63.5 Å². The summed E-state index contributed by atoms with van der Waals surface area (Å²) in [5.41, 5.74) is 1.86. The van der Waals surface area contributed by atoms with Gasteiger partial charge in [-0.1, -0.05) is 6.07 Å². The third kappa shape index (κ3) is 4.33. The fourth-order valence-corrected chi connectivity index (χ4v) is 3.27. The third-order valence-corrected chi connectivity index (χ3v) is 4.49. The molecule has 1 aliphatic rings. The van der Waals surface area contributed by atoms with Gasteiger partial charge in [0.2, 0.25) is 0 Å². The van der Waals surface area contributed by atoms with E-state index >= 15 is 0 Å². The van der Waals surface area contributed by atoms with Crippen LogP contribution in [0.5, 0.6) is 5.75 Å². The molecule has 1 aromatic carbocycles. The molecule has 2 atom stereocenters. The van der Waals surface area contributed by atoms with Crippen LogP contribution in [0.15, 0.2) is 34.7 Å². The van der Waals surface area contributed by atoms with Crippen LogP contribution in [0.25, 0.3) is 0 Å². The van der Waals surface area contributed by atoms with E-state index in [1.54, 1.807) is 12.1 Å². The predicted molar refractivity (Wildman–Crippen MR) is 92.3 cm³/mol. The summed E-state index contributed by atoms with van der Waals surface area (Å²) in [5, 5.41) is 5.82. The molecule has 5 nitrogen and oxygen atoms in total.